The lowest BCUT2D eigenvalue weighted by Crippen LogP contribution is -2.39. The number of allylic oxidation sites excluding steroid dienone is 2. The molecule has 2 fully saturated rings. The average Bonchev–Trinajstić information content (AvgIpc) is 2.87. The van der Waals surface area contributed by atoms with Gasteiger partial charge in [0.15, 0.2) is 0 Å². The van der Waals surface area contributed by atoms with Crippen molar-refractivity contribution in [3.63, 3.8) is 0 Å². The molecule has 1 aliphatic heterocycles. The third kappa shape index (κ3) is 1.06. The Kier molecular flexibility index (Phi) is 1.83. The summed E-state index contributed by atoms with van der Waals surface area (Å²) in [6.45, 7) is 1.29. The van der Waals surface area contributed by atoms with Crippen molar-refractivity contribution in [3.8, 4) is 0 Å². The second-order valence-electron chi connectivity index (χ2n) is 5.27. The van der Waals surface area contributed by atoms with Crippen molar-refractivity contribution in [2.45, 2.75) is 13.3 Å². The second-order valence-corrected chi connectivity index (χ2v) is 5.27. The van der Waals surface area contributed by atoms with E-state index in [9.17, 15) is 14.4 Å². The van der Waals surface area contributed by atoms with E-state index in [0.717, 1.165) is 11.3 Å². The topological polar surface area (TPSA) is 74.7 Å². The molecule has 0 spiro atoms. The van der Waals surface area contributed by atoms with Gasteiger partial charge in [-0.25, -0.2) is 0 Å². The summed E-state index contributed by atoms with van der Waals surface area (Å²) in [6.07, 6.45) is 4.84. The Morgan fingerprint density at radius 2 is 2.24 bits per heavy atom. The van der Waals surface area contributed by atoms with Crippen molar-refractivity contribution >= 4 is 17.8 Å². The predicted molar refractivity (Wildman–Crippen MR) is 56.7 cm³/mol. The number of likely N-dealkylation sites (tertiary alicyclic amines) is 1. The van der Waals surface area contributed by atoms with Crippen molar-refractivity contribution in [1.82, 2.24) is 4.90 Å². The summed E-state index contributed by atoms with van der Waals surface area (Å²) >= 11 is 0. The number of hydrogen-bond donors (Lipinski definition) is 1. The molecular weight excluding hydrogens is 222 g/mol. The maximum absolute atomic E-state index is 12.3. The number of rotatable bonds is 2. The molecule has 0 aromatic heterocycles. The lowest BCUT2D eigenvalue weighted by Gasteiger charge is -2.28. The zero-order valence-corrected chi connectivity index (χ0v) is 9.42. The number of aliphatic carboxylic acids is 1. The highest BCUT2D eigenvalue weighted by molar-refractivity contribution is 6.10. The van der Waals surface area contributed by atoms with Gasteiger partial charge in [0.05, 0.1) is 11.3 Å². The monoisotopic (exact) mass is 235 g/mol. The van der Waals surface area contributed by atoms with Gasteiger partial charge in [0.25, 0.3) is 0 Å². The van der Waals surface area contributed by atoms with Gasteiger partial charge in [-0.1, -0.05) is 12.2 Å². The van der Waals surface area contributed by atoms with Gasteiger partial charge >= 0.3 is 5.97 Å². The Morgan fingerprint density at radius 1 is 1.53 bits per heavy atom. The van der Waals surface area contributed by atoms with Crippen LogP contribution >= 0.6 is 0 Å². The van der Waals surface area contributed by atoms with E-state index in [2.05, 4.69) is 0 Å². The van der Waals surface area contributed by atoms with Gasteiger partial charge in [-0.2, -0.15) is 0 Å². The molecule has 1 N–H and O–H groups in total. The molecule has 0 aromatic carbocycles. The largest absolute Gasteiger partial charge is 0.480 e. The molecule has 2 amide bonds. The highest BCUT2D eigenvalue weighted by Crippen LogP contribution is 2.60. The number of carboxylic acids is 1. The molecule has 1 saturated heterocycles. The van der Waals surface area contributed by atoms with Crippen LogP contribution in [0.15, 0.2) is 12.2 Å². The predicted octanol–water partition coefficient (Wildman–Crippen LogP) is 0.268. The first kappa shape index (κ1) is 10.5. The fraction of sp³-hybridized carbons (Fsp3) is 0.583. The van der Waals surface area contributed by atoms with Gasteiger partial charge < -0.3 is 5.11 Å². The van der Waals surface area contributed by atoms with E-state index in [-0.39, 0.29) is 29.6 Å². The molecule has 0 radical (unpaired) electrons. The highest BCUT2D eigenvalue weighted by Gasteiger charge is 2.67. The van der Waals surface area contributed by atoms with Gasteiger partial charge in [-0.3, -0.25) is 19.3 Å². The van der Waals surface area contributed by atoms with Crippen LogP contribution in [0.3, 0.4) is 0 Å². The number of carbonyl (C=O) groups excluding carboxylic acids is 2. The SMILES string of the molecule is C[C@]12C(=O)N(CC(=O)O)C(=O)[C@H]1[C@@H]1C=C[C@@H]2C1. The molecule has 90 valence electrons. The molecule has 5 heteroatoms. The van der Waals surface area contributed by atoms with Crippen LogP contribution in [0.5, 0.6) is 0 Å². The summed E-state index contributed by atoms with van der Waals surface area (Å²) in [6, 6.07) is 0. The van der Waals surface area contributed by atoms with E-state index in [0.29, 0.717) is 0 Å². The van der Waals surface area contributed by atoms with Crippen LogP contribution in [-0.4, -0.2) is 34.3 Å². The van der Waals surface area contributed by atoms with Crippen molar-refractivity contribution in [2.24, 2.45) is 23.2 Å². The third-order valence-corrected chi connectivity index (χ3v) is 4.49. The molecule has 17 heavy (non-hydrogen) atoms. The van der Waals surface area contributed by atoms with Crippen molar-refractivity contribution in [1.29, 1.82) is 0 Å². The number of nitrogens with zero attached hydrogens (tertiary/aromatic N) is 1. The molecule has 3 rings (SSSR count). The van der Waals surface area contributed by atoms with Crippen LogP contribution in [0.25, 0.3) is 0 Å². The van der Waals surface area contributed by atoms with Crippen molar-refractivity contribution in [3.05, 3.63) is 12.2 Å². The number of carbonyl (C=O) groups is 3. The van der Waals surface area contributed by atoms with Crippen LogP contribution in [0.1, 0.15) is 13.3 Å². The number of carboxylic acid groups (broad SMARTS) is 1. The van der Waals surface area contributed by atoms with Crippen LogP contribution < -0.4 is 0 Å². The summed E-state index contributed by atoms with van der Waals surface area (Å²) in [5.41, 5.74) is -0.702. The molecule has 1 heterocycles. The third-order valence-electron chi connectivity index (χ3n) is 4.49. The van der Waals surface area contributed by atoms with Gasteiger partial charge in [0.1, 0.15) is 6.54 Å². The Balaban J connectivity index is 2.00. The average molecular weight is 235 g/mol. The number of hydrogen-bond acceptors (Lipinski definition) is 3. The van der Waals surface area contributed by atoms with E-state index in [4.69, 9.17) is 5.11 Å². The first-order chi connectivity index (χ1) is 7.96. The van der Waals surface area contributed by atoms with Gasteiger partial charge in [0.2, 0.25) is 11.8 Å². The van der Waals surface area contributed by atoms with E-state index < -0.39 is 17.9 Å². The van der Waals surface area contributed by atoms with Crippen molar-refractivity contribution < 1.29 is 19.5 Å². The maximum atomic E-state index is 12.3. The fourth-order valence-corrected chi connectivity index (χ4v) is 3.67. The highest BCUT2D eigenvalue weighted by atomic mass is 16.4. The number of imide groups is 1. The first-order valence-electron chi connectivity index (χ1n) is 5.72. The molecule has 4 atom stereocenters. The van der Waals surface area contributed by atoms with Crippen LogP contribution in [0.2, 0.25) is 0 Å². The summed E-state index contributed by atoms with van der Waals surface area (Å²) in [5, 5.41) is 8.74. The smallest absolute Gasteiger partial charge is 0.323 e. The van der Waals surface area contributed by atoms with Gasteiger partial charge in [-0.05, 0) is 25.2 Å². The summed E-state index contributed by atoms with van der Waals surface area (Å²) < 4.78 is 0. The number of amides is 2. The number of fused-ring (bicyclic) bond motifs is 5. The normalized spacial score (nSPS) is 42.4. The Hall–Kier alpha value is -1.65. The summed E-state index contributed by atoms with van der Waals surface area (Å²) in [4.78, 5) is 36.0. The quantitative estimate of drug-likeness (QED) is 0.550. The molecular formula is C12H13NO4. The summed E-state index contributed by atoms with van der Waals surface area (Å²) in [7, 11) is 0. The lowest BCUT2D eigenvalue weighted by molar-refractivity contribution is -0.150. The molecule has 0 aromatic rings. The fourth-order valence-electron chi connectivity index (χ4n) is 3.67. The second kappa shape index (κ2) is 2.97. The molecule has 5 nitrogen and oxygen atoms in total. The van der Waals surface area contributed by atoms with E-state index >= 15 is 0 Å². The zero-order valence-electron chi connectivity index (χ0n) is 9.42. The molecule has 0 unspecified atom stereocenters. The Morgan fingerprint density at radius 3 is 2.82 bits per heavy atom. The minimum atomic E-state index is -1.14. The minimum Gasteiger partial charge on any atom is -0.480 e. The zero-order chi connectivity index (χ0) is 12.4. The molecule has 1 saturated carbocycles. The van der Waals surface area contributed by atoms with Gasteiger partial charge in [-0.15, -0.1) is 0 Å². The first-order valence-corrected chi connectivity index (χ1v) is 5.72. The minimum absolute atomic E-state index is 0.0905. The van der Waals surface area contributed by atoms with E-state index in [1.165, 1.54) is 0 Å². The van der Waals surface area contributed by atoms with Crippen LogP contribution in [0.4, 0.5) is 0 Å². The van der Waals surface area contributed by atoms with Gasteiger partial charge in [0, 0.05) is 0 Å². The van der Waals surface area contributed by atoms with E-state index in [1.807, 2.05) is 12.2 Å². The van der Waals surface area contributed by atoms with Crippen LogP contribution in [0, 0.1) is 23.2 Å². The maximum Gasteiger partial charge on any atom is 0.323 e. The molecule has 2 bridgehead atoms. The van der Waals surface area contributed by atoms with E-state index in [1.54, 1.807) is 6.92 Å². The Bertz CT molecular complexity index is 469. The Labute approximate surface area is 98.1 Å². The summed E-state index contributed by atoms with van der Waals surface area (Å²) in [5.74, 6) is -1.91. The van der Waals surface area contributed by atoms with Crippen molar-refractivity contribution in [2.75, 3.05) is 6.54 Å². The standard InChI is InChI=1S/C12H13NO4/c1-12-7-3-2-6(4-7)9(12)10(16)13(11(12)17)5-8(14)15/h2-3,6-7,9H,4-5H2,1H3,(H,14,15)/t6-,7-,9-,12-/m1/s1. The van der Waals surface area contributed by atoms with Crippen LogP contribution in [-0.2, 0) is 14.4 Å². The molecule has 2 aliphatic carbocycles. The molecule has 3 aliphatic rings. The lowest BCUT2D eigenvalue weighted by atomic mass is 9.71.